The fourth-order valence-corrected chi connectivity index (χ4v) is 3.65. The molecule has 0 spiro atoms. The van der Waals surface area contributed by atoms with E-state index in [-0.39, 0.29) is 27.9 Å². The summed E-state index contributed by atoms with van der Waals surface area (Å²) in [4.78, 5) is 38.5. The third-order valence-electron chi connectivity index (χ3n) is 5.02. The third kappa shape index (κ3) is 5.46. The van der Waals surface area contributed by atoms with E-state index >= 15 is 0 Å². The van der Waals surface area contributed by atoms with E-state index in [1.54, 1.807) is 4.90 Å². The number of urea groups is 1. The van der Waals surface area contributed by atoms with Gasteiger partial charge in [0, 0.05) is 25.6 Å². The van der Waals surface area contributed by atoms with Crippen molar-refractivity contribution in [3.63, 3.8) is 0 Å². The molecule has 8 nitrogen and oxygen atoms in total. The van der Waals surface area contributed by atoms with Crippen LogP contribution in [0.5, 0.6) is 5.75 Å². The van der Waals surface area contributed by atoms with Gasteiger partial charge in [-0.25, -0.2) is 9.59 Å². The Hall–Kier alpha value is -3.26. The van der Waals surface area contributed by atoms with Crippen LogP contribution in [0, 0.1) is 0 Å². The summed E-state index contributed by atoms with van der Waals surface area (Å²) in [6, 6.07) is 11.3. The van der Waals surface area contributed by atoms with Crippen LogP contribution in [0.15, 0.2) is 42.5 Å². The lowest BCUT2D eigenvalue weighted by atomic mass is 10.1. The zero-order valence-corrected chi connectivity index (χ0v) is 18.1. The largest absolute Gasteiger partial charge is 0.496 e. The van der Waals surface area contributed by atoms with Gasteiger partial charge in [-0.05, 0) is 18.1 Å². The Labute approximate surface area is 185 Å². The first-order chi connectivity index (χ1) is 14.9. The number of nitrogens with one attached hydrogen (secondary N) is 2. The molecule has 1 atom stereocenters. The Kier molecular flexibility index (Phi) is 7.36. The van der Waals surface area contributed by atoms with Gasteiger partial charge < -0.3 is 25.0 Å². The maximum absolute atomic E-state index is 12.8. The lowest BCUT2D eigenvalue weighted by Crippen LogP contribution is -2.40. The molecule has 3 amide bonds. The van der Waals surface area contributed by atoms with Crippen molar-refractivity contribution in [1.29, 1.82) is 0 Å². The zero-order valence-electron chi connectivity index (χ0n) is 17.3. The summed E-state index contributed by atoms with van der Waals surface area (Å²) in [7, 11) is 2.65. The van der Waals surface area contributed by atoms with Crippen LogP contribution in [0.25, 0.3) is 0 Å². The van der Waals surface area contributed by atoms with Crippen molar-refractivity contribution in [1.82, 2.24) is 10.2 Å². The normalized spacial score (nSPS) is 14.2. The molecule has 164 valence electrons. The first kappa shape index (κ1) is 22.4. The van der Waals surface area contributed by atoms with Crippen molar-refractivity contribution in [3.8, 4) is 5.75 Å². The minimum Gasteiger partial charge on any atom is -0.496 e. The summed E-state index contributed by atoms with van der Waals surface area (Å²) in [6.07, 6.45) is 1.34. The first-order valence-electron chi connectivity index (χ1n) is 9.79. The number of methoxy groups -OCH3 is 2. The van der Waals surface area contributed by atoms with Crippen molar-refractivity contribution in [2.24, 2.45) is 0 Å². The maximum Gasteiger partial charge on any atom is 0.341 e. The predicted molar refractivity (Wildman–Crippen MR) is 116 cm³/mol. The Morgan fingerprint density at radius 1 is 1.19 bits per heavy atom. The van der Waals surface area contributed by atoms with E-state index in [4.69, 9.17) is 21.1 Å². The first-order valence-corrected chi connectivity index (χ1v) is 10.2. The van der Waals surface area contributed by atoms with Gasteiger partial charge in [-0.15, -0.1) is 0 Å². The van der Waals surface area contributed by atoms with E-state index in [9.17, 15) is 14.4 Å². The SMILES string of the molecule is COC(=O)c1cc(Cl)c(NC(=O)N[C@@H](CN2CCCC2=O)c2ccccc2)cc1OC. The average molecular weight is 446 g/mol. The number of hydrogen-bond acceptors (Lipinski definition) is 5. The van der Waals surface area contributed by atoms with Crippen molar-refractivity contribution in [3.05, 3.63) is 58.6 Å². The number of carbonyl (C=O) groups excluding carboxylic acids is 3. The Bertz CT molecular complexity index is 967. The summed E-state index contributed by atoms with van der Waals surface area (Å²) in [6.45, 7) is 1.04. The van der Waals surface area contributed by atoms with Crippen LogP contribution in [0.1, 0.15) is 34.8 Å². The highest BCUT2D eigenvalue weighted by atomic mass is 35.5. The molecule has 31 heavy (non-hydrogen) atoms. The molecule has 0 radical (unpaired) electrons. The summed E-state index contributed by atoms with van der Waals surface area (Å²) in [5.41, 5.74) is 1.30. The molecule has 0 aliphatic carbocycles. The maximum atomic E-state index is 12.8. The second kappa shape index (κ2) is 10.2. The number of benzene rings is 2. The van der Waals surface area contributed by atoms with Crippen LogP contribution in [-0.4, -0.2) is 50.1 Å². The van der Waals surface area contributed by atoms with Gasteiger partial charge in [0.2, 0.25) is 5.91 Å². The van der Waals surface area contributed by atoms with E-state index in [1.165, 1.54) is 26.4 Å². The van der Waals surface area contributed by atoms with Gasteiger partial charge in [0.25, 0.3) is 0 Å². The molecular formula is C22H24ClN3O5. The smallest absolute Gasteiger partial charge is 0.341 e. The Morgan fingerprint density at radius 2 is 1.94 bits per heavy atom. The average Bonchev–Trinajstić information content (AvgIpc) is 3.18. The van der Waals surface area contributed by atoms with Crippen LogP contribution >= 0.6 is 11.6 Å². The van der Waals surface area contributed by atoms with Crippen molar-refractivity contribution >= 4 is 35.2 Å². The number of esters is 1. The number of hydrogen-bond donors (Lipinski definition) is 2. The highest BCUT2D eigenvalue weighted by Gasteiger charge is 2.26. The molecule has 2 aromatic rings. The minimum absolute atomic E-state index is 0.0781. The molecule has 3 rings (SSSR count). The van der Waals surface area contributed by atoms with Crippen LogP contribution < -0.4 is 15.4 Å². The lowest BCUT2D eigenvalue weighted by Gasteiger charge is -2.25. The molecule has 1 saturated heterocycles. The second-order valence-corrected chi connectivity index (χ2v) is 7.44. The predicted octanol–water partition coefficient (Wildman–Crippen LogP) is 3.62. The summed E-state index contributed by atoms with van der Waals surface area (Å²) >= 11 is 6.25. The molecule has 0 saturated carbocycles. The molecule has 1 fully saturated rings. The van der Waals surface area contributed by atoms with Crippen LogP contribution in [0.4, 0.5) is 10.5 Å². The van der Waals surface area contributed by atoms with E-state index in [0.717, 1.165) is 12.0 Å². The van der Waals surface area contributed by atoms with Crippen LogP contribution in [0.3, 0.4) is 0 Å². The lowest BCUT2D eigenvalue weighted by molar-refractivity contribution is -0.128. The standard InChI is InChI=1S/C22H24ClN3O5/c1-30-19-12-17(16(23)11-15(19)21(28)31-2)24-22(29)25-18(14-7-4-3-5-8-14)13-26-10-6-9-20(26)27/h3-5,7-8,11-12,18H,6,9-10,13H2,1-2H3,(H2,24,25,29)/t18-/m0/s1. The number of ether oxygens (including phenoxy) is 2. The molecule has 0 aromatic heterocycles. The van der Waals surface area contributed by atoms with Crippen LogP contribution in [0.2, 0.25) is 5.02 Å². The van der Waals surface area contributed by atoms with Crippen molar-refractivity contribution in [2.45, 2.75) is 18.9 Å². The highest BCUT2D eigenvalue weighted by Crippen LogP contribution is 2.31. The van der Waals surface area contributed by atoms with E-state index < -0.39 is 18.0 Å². The Balaban J connectivity index is 1.77. The van der Waals surface area contributed by atoms with Crippen LogP contribution in [-0.2, 0) is 9.53 Å². The summed E-state index contributed by atoms with van der Waals surface area (Å²) in [5.74, 6) is -0.308. The summed E-state index contributed by atoms with van der Waals surface area (Å²) in [5, 5.41) is 5.75. The fraction of sp³-hybridized carbons (Fsp3) is 0.318. The van der Waals surface area contributed by atoms with Gasteiger partial charge in [-0.2, -0.15) is 0 Å². The van der Waals surface area contributed by atoms with E-state index in [0.29, 0.717) is 19.5 Å². The number of nitrogens with zero attached hydrogens (tertiary/aromatic N) is 1. The second-order valence-electron chi connectivity index (χ2n) is 7.03. The van der Waals surface area contributed by atoms with Gasteiger partial charge in [0.05, 0.1) is 31.0 Å². The highest BCUT2D eigenvalue weighted by molar-refractivity contribution is 6.34. The Morgan fingerprint density at radius 3 is 2.55 bits per heavy atom. The topological polar surface area (TPSA) is 97.0 Å². The molecule has 1 aliphatic rings. The van der Waals surface area contributed by atoms with Crippen molar-refractivity contribution in [2.75, 3.05) is 32.6 Å². The molecule has 1 aliphatic heterocycles. The number of carbonyl (C=O) groups is 3. The molecular weight excluding hydrogens is 422 g/mol. The molecule has 9 heteroatoms. The van der Waals surface area contributed by atoms with Gasteiger partial charge in [0.15, 0.2) is 0 Å². The van der Waals surface area contributed by atoms with Gasteiger partial charge >= 0.3 is 12.0 Å². The third-order valence-corrected chi connectivity index (χ3v) is 5.34. The van der Waals surface area contributed by atoms with Crippen molar-refractivity contribution < 1.29 is 23.9 Å². The van der Waals surface area contributed by atoms with Gasteiger partial charge in [0.1, 0.15) is 11.3 Å². The number of halogens is 1. The molecule has 2 aromatic carbocycles. The monoisotopic (exact) mass is 445 g/mol. The molecule has 0 unspecified atom stereocenters. The quantitative estimate of drug-likeness (QED) is 0.634. The fourth-order valence-electron chi connectivity index (χ4n) is 3.44. The number of likely N-dealkylation sites (tertiary alicyclic amines) is 1. The molecule has 0 bridgehead atoms. The molecule has 1 heterocycles. The number of rotatable bonds is 7. The van der Waals surface area contributed by atoms with Gasteiger partial charge in [-0.1, -0.05) is 41.9 Å². The van der Waals surface area contributed by atoms with E-state index in [2.05, 4.69) is 10.6 Å². The molecule has 2 N–H and O–H groups in total. The zero-order chi connectivity index (χ0) is 22.4. The van der Waals surface area contributed by atoms with Gasteiger partial charge in [-0.3, -0.25) is 4.79 Å². The number of amides is 3. The summed E-state index contributed by atoms with van der Waals surface area (Å²) < 4.78 is 9.94. The minimum atomic E-state index is -0.603. The number of anilines is 1. The van der Waals surface area contributed by atoms with E-state index in [1.807, 2.05) is 30.3 Å².